The highest BCUT2D eigenvalue weighted by Gasteiger charge is 2.23. The number of hydrogen-bond donors (Lipinski definition) is 2. The Kier molecular flexibility index (Phi) is 5.97. The van der Waals surface area contributed by atoms with Crippen molar-refractivity contribution < 1.29 is 5.11 Å². The van der Waals surface area contributed by atoms with E-state index in [4.69, 9.17) is 0 Å². The molecular weight excluding hydrogens is 282 g/mol. The number of aliphatic hydroxyl groups is 1. The lowest BCUT2D eigenvalue weighted by molar-refractivity contribution is 0.205. The molecule has 1 heterocycles. The minimum atomic E-state index is -0.312. The van der Waals surface area contributed by atoms with E-state index < -0.39 is 0 Å². The van der Waals surface area contributed by atoms with Gasteiger partial charge in [0.15, 0.2) is 0 Å². The molecular formula is C16H27N3O3. The van der Waals surface area contributed by atoms with Crippen LogP contribution in [0.3, 0.4) is 0 Å². The van der Waals surface area contributed by atoms with Gasteiger partial charge in [0.2, 0.25) is 0 Å². The van der Waals surface area contributed by atoms with Crippen LogP contribution in [0.2, 0.25) is 0 Å². The van der Waals surface area contributed by atoms with Crippen LogP contribution in [0.5, 0.6) is 0 Å². The lowest BCUT2D eigenvalue weighted by Gasteiger charge is -2.30. The van der Waals surface area contributed by atoms with E-state index in [0.717, 1.165) is 4.57 Å². The smallest absolute Gasteiger partial charge is 0.330 e. The SMILES string of the molecule is Cn1cc(CNC(CCO)C2CCCCC2)c(=O)n(C)c1=O. The lowest BCUT2D eigenvalue weighted by atomic mass is 9.82. The molecule has 0 bridgehead atoms. The summed E-state index contributed by atoms with van der Waals surface area (Å²) in [6.07, 6.45) is 8.46. The van der Waals surface area contributed by atoms with E-state index in [2.05, 4.69) is 5.32 Å². The van der Waals surface area contributed by atoms with Gasteiger partial charge in [-0.05, 0) is 25.2 Å². The molecule has 1 fully saturated rings. The Hall–Kier alpha value is -1.40. The van der Waals surface area contributed by atoms with Crippen LogP contribution >= 0.6 is 0 Å². The first-order chi connectivity index (χ1) is 10.5. The van der Waals surface area contributed by atoms with E-state index in [1.54, 1.807) is 13.2 Å². The quantitative estimate of drug-likeness (QED) is 0.802. The summed E-state index contributed by atoms with van der Waals surface area (Å²) in [6, 6.07) is 0.229. The zero-order valence-electron chi connectivity index (χ0n) is 13.5. The molecule has 1 aromatic heterocycles. The Morgan fingerprint density at radius 3 is 2.59 bits per heavy atom. The predicted molar refractivity (Wildman–Crippen MR) is 85.8 cm³/mol. The molecule has 1 atom stereocenters. The van der Waals surface area contributed by atoms with E-state index in [9.17, 15) is 14.7 Å². The Morgan fingerprint density at radius 1 is 1.27 bits per heavy atom. The van der Waals surface area contributed by atoms with Gasteiger partial charge in [0.25, 0.3) is 5.56 Å². The highest BCUT2D eigenvalue weighted by atomic mass is 16.3. The minimum Gasteiger partial charge on any atom is -0.396 e. The molecule has 0 saturated heterocycles. The molecule has 0 spiro atoms. The Labute approximate surface area is 130 Å². The van der Waals surface area contributed by atoms with E-state index in [1.807, 2.05) is 0 Å². The summed E-state index contributed by atoms with van der Waals surface area (Å²) in [5, 5.41) is 12.7. The van der Waals surface area contributed by atoms with Gasteiger partial charge in [-0.2, -0.15) is 0 Å². The molecule has 124 valence electrons. The maximum Gasteiger partial charge on any atom is 0.330 e. The first-order valence-corrected chi connectivity index (χ1v) is 8.14. The van der Waals surface area contributed by atoms with Crippen molar-refractivity contribution in [2.45, 2.75) is 51.1 Å². The second-order valence-corrected chi connectivity index (χ2v) is 6.31. The van der Waals surface area contributed by atoms with E-state index in [1.165, 1.54) is 43.7 Å². The van der Waals surface area contributed by atoms with Crippen LogP contribution in [0.15, 0.2) is 15.8 Å². The van der Waals surface area contributed by atoms with Crippen LogP contribution in [-0.4, -0.2) is 26.9 Å². The van der Waals surface area contributed by atoms with E-state index in [-0.39, 0.29) is 23.9 Å². The standard InChI is InChI=1S/C16H27N3O3/c1-18-11-13(15(21)19(2)16(18)22)10-17-14(8-9-20)12-6-4-3-5-7-12/h11-12,14,17,20H,3-10H2,1-2H3. The first kappa shape index (κ1) is 17.0. The number of aryl methyl sites for hydroxylation is 1. The molecule has 1 aliphatic rings. The van der Waals surface area contributed by atoms with Gasteiger partial charge in [-0.15, -0.1) is 0 Å². The average Bonchev–Trinajstić information content (AvgIpc) is 2.54. The van der Waals surface area contributed by atoms with E-state index in [0.29, 0.717) is 24.4 Å². The molecule has 1 saturated carbocycles. The first-order valence-electron chi connectivity index (χ1n) is 8.14. The van der Waals surface area contributed by atoms with Gasteiger partial charge in [0.1, 0.15) is 0 Å². The summed E-state index contributed by atoms with van der Waals surface area (Å²) < 4.78 is 2.57. The molecule has 2 rings (SSSR count). The molecule has 6 heteroatoms. The second kappa shape index (κ2) is 7.74. The Bertz CT molecular complexity index is 600. The van der Waals surface area contributed by atoms with Crippen molar-refractivity contribution in [3.8, 4) is 0 Å². The van der Waals surface area contributed by atoms with Crippen molar-refractivity contribution in [3.05, 3.63) is 32.6 Å². The molecule has 1 unspecified atom stereocenters. The Morgan fingerprint density at radius 2 is 1.95 bits per heavy atom. The van der Waals surface area contributed by atoms with Gasteiger partial charge < -0.3 is 15.0 Å². The number of nitrogens with zero attached hydrogens (tertiary/aromatic N) is 2. The normalized spacial score (nSPS) is 17.6. The van der Waals surface area contributed by atoms with Crippen LogP contribution < -0.4 is 16.6 Å². The summed E-state index contributed by atoms with van der Waals surface area (Å²) in [4.78, 5) is 23.9. The predicted octanol–water partition coefficient (Wildman–Crippen LogP) is 0.505. The van der Waals surface area contributed by atoms with Crippen LogP contribution in [0.4, 0.5) is 0 Å². The van der Waals surface area contributed by atoms with Crippen LogP contribution in [0.1, 0.15) is 44.1 Å². The Balaban J connectivity index is 2.09. The van der Waals surface area contributed by atoms with Crippen molar-refractivity contribution in [1.82, 2.24) is 14.5 Å². The number of nitrogens with one attached hydrogen (secondary N) is 1. The number of rotatable bonds is 6. The number of aliphatic hydroxyl groups excluding tert-OH is 1. The maximum atomic E-state index is 12.1. The van der Waals surface area contributed by atoms with Crippen molar-refractivity contribution >= 4 is 0 Å². The molecule has 1 aromatic rings. The topological polar surface area (TPSA) is 76.3 Å². The largest absolute Gasteiger partial charge is 0.396 e. The van der Waals surface area contributed by atoms with Gasteiger partial charge in [0.05, 0.1) is 0 Å². The fourth-order valence-corrected chi connectivity index (χ4v) is 3.43. The fraction of sp³-hybridized carbons (Fsp3) is 0.750. The van der Waals surface area contributed by atoms with Gasteiger partial charge in [-0.3, -0.25) is 9.36 Å². The van der Waals surface area contributed by atoms with Crippen molar-refractivity contribution in [1.29, 1.82) is 0 Å². The third kappa shape index (κ3) is 3.87. The highest BCUT2D eigenvalue weighted by Crippen LogP contribution is 2.27. The molecule has 1 aliphatic carbocycles. The van der Waals surface area contributed by atoms with Gasteiger partial charge >= 0.3 is 5.69 Å². The molecule has 0 radical (unpaired) electrons. The number of hydrogen-bond acceptors (Lipinski definition) is 4. The molecule has 2 N–H and O–H groups in total. The third-order valence-electron chi connectivity index (χ3n) is 4.73. The summed E-state index contributed by atoms with van der Waals surface area (Å²) >= 11 is 0. The van der Waals surface area contributed by atoms with Crippen LogP contribution in [0.25, 0.3) is 0 Å². The van der Waals surface area contributed by atoms with Gasteiger partial charge in [-0.1, -0.05) is 19.3 Å². The summed E-state index contributed by atoms with van der Waals surface area (Å²) in [7, 11) is 3.15. The fourth-order valence-electron chi connectivity index (χ4n) is 3.43. The second-order valence-electron chi connectivity index (χ2n) is 6.31. The van der Waals surface area contributed by atoms with Gasteiger partial charge in [-0.25, -0.2) is 4.79 Å². The van der Waals surface area contributed by atoms with Crippen LogP contribution in [0, 0.1) is 5.92 Å². The summed E-state index contributed by atoms with van der Waals surface area (Å²) in [6.45, 7) is 0.585. The van der Waals surface area contributed by atoms with Crippen molar-refractivity contribution in [3.63, 3.8) is 0 Å². The van der Waals surface area contributed by atoms with Crippen molar-refractivity contribution in [2.75, 3.05) is 6.61 Å². The molecule has 6 nitrogen and oxygen atoms in total. The molecule has 0 aromatic carbocycles. The third-order valence-corrected chi connectivity index (χ3v) is 4.73. The van der Waals surface area contributed by atoms with E-state index >= 15 is 0 Å². The summed E-state index contributed by atoms with van der Waals surface area (Å²) in [5.41, 5.74) is 0.0262. The van der Waals surface area contributed by atoms with Crippen molar-refractivity contribution in [2.24, 2.45) is 20.0 Å². The zero-order valence-corrected chi connectivity index (χ0v) is 13.5. The lowest BCUT2D eigenvalue weighted by Crippen LogP contribution is -2.42. The monoisotopic (exact) mass is 309 g/mol. The zero-order chi connectivity index (χ0) is 16.1. The van der Waals surface area contributed by atoms with Crippen LogP contribution in [-0.2, 0) is 20.6 Å². The highest BCUT2D eigenvalue weighted by molar-refractivity contribution is 5.05. The maximum absolute atomic E-state index is 12.1. The molecule has 22 heavy (non-hydrogen) atoms. The molecule has 0 aliphatic heterocycles. The minimum absolute atomic E-state index is 0.152. The summed E-state index contributed by atoms with van der Waals surface area (Å²) in [5.74, 6) is 0.567. The van der Waals surface area contributed by atoms with Gasteiger partial charge in [0, 0.05) is 45.0 Å². The average molecular weight is 309 g/mol. The molecule has 0 amide bonds. The number of aromatic nitrogens is 2.